The van der Waals surface area contributed by atoms with E-state index in [4.69, 9.17) is 18.0 Å². The summed E-state index contributed by atoms with van der Waals surface area (Å²) >= 11 is 6.63. The molecule has 2 rings (SSSR count). The lowest BCUT2D eigenvalue weighted by Gasteiger charge is -2.36. The zero-order valence-corrected chi connectivity index (χ0v) is 13.5. The summed E-state index contributed by atoms with van der Waals surface area (Å²) in [5.74, 6) is 1.91. The van der Waals surface area contributed by atoms with E-state index in [9.17, 15) is 8.42 Å². The van der Waals surface area contributed by atoms with Crippen LogP contribution in [-0.4, -0.2) is 52.8 Å². The SMILES string of the molecule is CCS(=O)(=O)C1CSCCN1c1nnccc1C(N)=S. The molecule has 0 aliphatic carbocycles. The van der Waals surface area contributed by atoms with Crippen LogP contribution >= 0.6 is 24.0 Å². The molecule has 9 heteroatoms. The van der Waals surface area contributed by atoms with E-state index in [0.29, 0.717) is 23.7 Å². The van der Waals surface area contributed by atoms with Gasteiger partial charge in [0.15, 0.2) is 15.7 Å². The van der Waals surface area contributed by atoms with Crippen LogP contribution in [0.2, 0.25) is 0 Å². The van der Waals surface area contributed by atoms with Crippen LogP contribution in [0.15, 0.2) is 12.3 Å². The smallest absolute Gasteiger partial charge is 0.171 e. The van der Waals surface area contributed by atoms with Gasteiger partial charge in [-0.3, -0.25) is 0 Å². The lowest BCUT2D eigenvalue weighted by atomic mass is 10.2. The maximum Gasteiger partial charge on any atom is 0.171 e. The van der Waals surface area contributed by atoms with Gasteiger partial charge in [0.25, 0.3) is 0 Å². The summed E-state index contributed by atoms with van der Waals surface area (Å²) in [6, 6.07) is 1.67. The molecule has 1 saturated heterocycles. The number of hydrogen-bond donors (Lipinski definition) is 1. The van der Waals surface area contributed by atoms with Crippen molar-refractivity contribution in [2.24, 2.45) is 5.73 Å². The van der Waals surface area contributed by atoms with Crippen LogP contribution in [0.4, 0.5) is 5.82 Å². The fourth-order valence-corrected chi connectivity index (χ4v) is 5.17. The van der Waals surface area contributed by atoms with Crippen LogP contribution in [0.5, 0.6) is 0 Å². The third-order valence-electron chi connectivity index (χ3n) is 3.14. The van der Waals surface area contributed by atoms with Crippen LogP contribution in [0.1, 0.15) is 12.5 Å². The summed E-state index contributed by atoms with van der Waals surface area (Å²) in [6.07, 6.45) is 1.50. The fourth-order valence-electron chi connectivity index (χ4n) is 2.04. The highest BCUT2D eigenvalue weighted by atomic mass is 32.2. The maximum atomic E-state index is 12.3. The summed E-state index contributed by atoms with van der Waals surface area (Å²) in [4.78, 5) is 1.96. The van der Waals surface area contributed by atoms with Crippen molar-refractivity contribution in [1.29, 1.82) is 0 Å². The lowest BCUT2D eigenvalue weighted by Crippen LogP contribution is -2.49. The number of nitrogens with two attached hydrogens (primary N) is 1. The van der Waals surface area contributed by atoms with Crippen molar-refractivity contribution in [3.05, 3.63) is 17.8 Å². The molecule has 6 nitrogen and oxygen atoms in total. The van der Waals surface area contributed by atoms with Crippen molar-refractivity contribution in [3.63, 3.8) is 0 Å². The molecule has 2 heterocycles. The van der Waals surface area contributed by atoms with Crippen LogP contribution in [0, 0.1) is 0 Å². The molecule has 0 radical (unpaired) electrons. The van der Waals surface area contributed by atoms with E-state index in [2.05, 4.69) is 10.2 Å². The number of thioether (sulfide) groups is 1. The number of hydrogen-bond acceptors (Lipinski definition) is 7. The van der Waals surface area contributed by atoms with Gasteiger partial charge < -0.3 is 10.6 Å². The summed E-state index contributed by atoms with van der Waals surface area (Å²) in [6.45, 7) is 2.24. The van der Waals surface area contributed by atoms with Crippen molar-refractivity contribution in [2.45, 2.75) is 12.3 Å². The topological polar surface area (TPSA) is 89.2 Å². The van der Waals surface area contributed by atoms with E-state index < -0.39 is 15.2 Å². The van der Waals surface area contributed by atoms with E-state index in [1.54, 1.807) is 29.7 Å². The highest BCUT2D eigenvalue weighted by Crippen LogP contribution is 2.27. The van der Waals surface area contributed by atoms with Gasteiger partial charge in [0.2, 0.25) is 0 Å². The first kappa shape index (κ1) is 15.5. The van der Waals surface area contributed by atoms with Crippen LogP contribution < -0.4 is 10.6 Å². The number of aromatic nitrogens is 2. The molecule has 110 valence electrons. The molecule has 1 aromatic heterocycles. The first-order valence-corrected chi connectivity index (χ1v) is 9.42. The molecule has 0 amide bonds. The molecule has 1 aliphatic rings. The third-order valence-corrected chi connectivity index (χ3v) is 6.65. The van der Waals surface area contributed by atoms with E-state index in [1.807, 2.05) is 0 Å². The Bertz CT molecular complexity index is 605. The molecule has 20 heavy (non-hydrogen) atoms. The number of anilines is 1. The second-order valence-corrected chi connectivity index (χ2v) is 8.34. The number of nitrogens with zero attached hydrogens (tertiary/aromatic N) is 3. The normalized spacial score (nSPS) is 19.9. The fraction of sp³-hybridized carbons (Fsp3) is 0.545. The zero-order chi connectivity index (χ0) is 14.8. The summed E-state index contributed by atoms with van der Waals surface area (Å²) < 4.78 is 24.5. The summed E-state index contributed by atoms with van der Waals surface area (Å²) in [5, 5.41) is 7.29. The zero-order valence-electron chi connectivity index (χ0n) is 11.0. The molecule has 0 spiro atoms. The minimum Gasteiger partial charge on any atom is -0.389 e. The number of thiocarbonyl (C=S) groups is 1. The second kappa shape index (κ2) is 6.23. The average Bonchev–Trinajstić information content (AvgIpc) is 2.47. The minimum absolute atomic E-state index is 0.0946. The van der Waals surface area contributed by atoms with Gasteiger partial charge in [-0.05, 0) is 6.07 Å². The van der Waals surface area contributed by atoms with Gasteiger partial charge >= 0.3 is 0 Å². The highest BCUT2D eigenvalue weighted by molar-refractivity contribution is 8.01. The maximum absolute atomic E-state index is 12.3. The third kappa shape index (κ3) is 3.04. The lowest BCUT2D eigenvalue weighted by molar-refractivity contribution is 0.578. The van der Waals surface area contributed by atoms with Gasteiger partial charge in [0.05, 0.1) is 11.8 Å². The van der Waals surface area contributed by atoms with Gasteiger partial charge in [0, 0.05) is 23.8 Å². The Hall–Kier alpha value is -0.930. The van der Waals surface area contributed by atoms with Crippen LogP contribution in [0.25, 0.3) is 0 Å². The minimum atomic E-state index is -3.21. The second-order valence-electron chi connectivity index (χ2n) is 4.31. The molecule has 1 aliphatic heterocycles. The van der Waals surface area contributed by atoms with Gasteiger partial charge in [0.1, 0.15) is 10.4 Å². The largest absolute Gasteiger partial charge is 0.389 e. The molecule has 1 unspecified atom stereocenters. The highest BCUT2D eigenvalue weighted by Gasteiger charge is 2.35. The summed E-state index contributed by atoms with van der Waals surface area (Å²) in [5.41, 5.74) is 6.26. The van der Waals surface area contributed by atoms with E-state index in [1.165, 1.54) is 6.20 Å². The molecule has 1 fully saturated rings. The first-order chi connectivity index (χ1) is 9.47. The molecule has 0 aromatic carbocycles. The number of sulfone groups is 1. The Morgan fingerprint density at radius 3 is 3.05 bits per heavy atom. The first-order valence-electron chi connectivity index (χ1n) is 6.15. The monoisotopic (exact) mass is 332 g/mol. The molecule has 2 N–H and O–H groups in total. The quantitative estimate of drug-likeness (QED) is 0.794. The van der Waals surface area contributed by atoms with Crippen molar-refractivity contribution in [1.82, 2.24) is 10.2 Å². The Morgan fingerprint density at radius 1 is 1.65 bits per heavy atom. The van der Waals surface area contributed by atoms with Crippen molar-refractivity contribution in [3.8, 4) is 0 Å². The van der Waals surface area contributed by atoms with Gasteiger partial charge in [-0.2, -0.15) is 16.9 Å². The Labute approximate surface area is 128 Å². The van der Waals surface area contributed by atoms with Gasteiger partial charge in [-0.25, -0.2) is 8.42 Å². The number of rotatable bonds is 4. The van der Waals surface area contributed by atoms with Gasteiger partial charge in [-0.1, -0.05) is 19.1 Å². The van der Waals surface area contributed by atoms with Crippen LogP contribution in [0.3, 0.4) is 0 Å². The predicted molar refractivity (Wildman–Crippen MR) is 85.8 cm³/mol. The van der Waals surface area contributed by atoms with Crippen molar-refractivity contribution >= 4 is 44.6 Å². The van der Waals surface area contributed by atoms with Gasteiger partial charge in [-0.15, -0.1) is 5.10 Å². The Balaban J connectivity index is 2.46. The van der Waals surface area contributed by atoms with E-state index in [-0.39, 0.29) is 10.7 Å². The van der Waals surface area contributed by atoms with E-state index in [0.717, 1.165) is 5.75 Å². The molecule has 0 saturated carbocycles. The van der Waals surface area contributed by atoms with Crippen molar-refractivity contribution < 1.29 is 8.42 Å². The molecule has 1 atom stereocenters. The van der Waals surface area contributed by atoms with Crippen molar-refractivity contribution in [2.75, 3.05) is 28.7 Å². The van der Waals surface area contributed by atoms with E-state index >= 15 is 0 Å². The molecule has 0 bridgehead atoms. The Kier molecular flexibility index (Phi) is 4.82. The summed E-state index contributed by atoms with van der Waals surface area (Å²) in [7, 11) is -3.21. The molecule has 1 aromatic rings. The Morgan fingerprint density at radius 2 is 2.40 bits per heavy atom. The predicted octanol–water partition coefficient (Wildman–Crippen LogP) is 0.425. The van der Waals surface area contributed by atoms with Crippen LogP contribution in [-0.2, 0) is 9.84 Å². The standard InChI is InChI=1S/C11H16N4O2S3/c1-2-20(16,17)9-7-19-6-5-15(9)11-8(10(12)18)3-4-13-14-11/h3-4,9H,2,5-7H2,1H3,(H2,12,18). The average molecular weight is 332 g/mol. The molecular weight excluding hydrogens is 316 g/mol. The molecular formula is C11H16N4O2S3.